The van der Waals surface area contributed by atoms with Gasteiger partial charge in [-0.25, -0.2) is 4.79 Å². The van der Waals surface area contributed by atoms with Gasteiger partial charge in [-0.05, 0) is 36.2 Å². The highest BCUT2D eigenvalue weighted by atomic mass is 35.5. The van der Waals surface area contributed by atoms with Crippen molar-refractivity contribution < 1.29 is 14.7 Å². The fraction of sp³-hybridized carbons (Fsp3) is 0.133. The summed E-state index contributed by atoms with van der Waals surface area (Å²) in [5, 5.41) is 12.1. The van der Waals surface area contributed by atoms with Crippen LogP contribution in [0.5, 0.6) is 0 Å². The molecule has 0 aliphatic heterocycles. The molecule has 1 aromatic carbocycles. The van der Waals surface area contributed by atoms with Gasteiger partial charge in [0, 0.05) is 17.8 Å². The zero-order valence-electron chi connectivity index (χ0n) is 11.0. The van der Waals surface area contributed by atoms with Crippen LogP contribution >= 0.6 is 11.6 Å². The lowest BCUT2D eigenvalue weighted by atomic mass is 10.1. The highest BCUT2D eigenvalue weighted by molar-refractivity contribution is 6.30. The molecule has 1 amide bonds. The molecule has 0 unspecified atom stereocenters. The van der Waals surface area contributed by atoms with Crippen molar-refractivity contribution in [1.29, 1.82) is 0 Å². The van der Waals surface area contributed by atoms with Crippen molar-refractivity contribution in [3.05, 3.63) is 64.4 Å². The highest BCUT2D eigenvalue weighted by Crippen LogP contribution is 2.08. The lowest BCUT2D eigenvalue weighted by molar-refractivity contribution is 0.0696. The van der Waals surface area contributed by atoms with Gasteiger partial charge in [0.15, 0.2) is 0 Å². The van der Waals surface area contributed by atoms with Gasteiger partial charge in [-0.2, -0.15) is 0 Å². The van der Waals surface area contributed by atoms with E-state index in [2.05, 4.69) is 10.3 Å². The van der Waals surface area contributed by atoms with E-state index >= 15 is 0 Å². The predicted molar refractivity (Wildman–Crippen MR) is 78.7 cm³/mol. The maximum Gasteiger partial charge on any atom is 0.335 e. The summed E-state index contributed by atoms with van der Waals surface area (Å²) in [5.41, 5.74) is 1.33. The number of nitrogens with one attached hydrogen (secondary N) is 1. The number of carboxylic acid groups (broad SMARTS) is 1. The Balaban J connectivity index is 1.91. The third kappa shape index (κ3) is 4.29. The molecule has 21 heavy (non-hydrogen) atoms. The number of hydrogen-bond acceptors (Lipinski definition) is 3. The van der Waals surface area contributed by atoms with Crippen LogP contribution in [0.15, 0.2) is 42.6 Å². The minimum atomic E-state index is -0.969. The molecule has 5 nitrogen and oxygen atoms in total. The van der Waals surface area contributed by atoms with Crippen molar-refractivity contribution in [2.75, 3.05) is 6.54 Å². The Hall–Kier alpha value is -2.40. The quantitative estimate of drug-likeness (QED) is 0.889. The van der Waals surface area contributed by atoms with Gasteiger partial charge in [-0.1, -0.05) is 23.7 Å². The summed E-state index contributed by atoms with van der Waals surface area (Å²) in [6.45, 7) is 0.385. The lowest BCUT2D eigenvalue weighted by Gasteiger charge is -2.06. The largest absolute Gasteiger partial charge is 0.478 e. The summed E-state index contributed by atoms with van der Waals surface area (Å²) in [6, 6.07) is 9.69. The molecule has 2 aromatic rings. The molecule has 108 valence electrons. The minimum absolute atomic E-state index is 0.232. The average Bonchev–Trinajstić information content (AvgIpc) is 2.47. The van der Waals surface area contributed by atoms with Crippen LogP contribution in [0.1, 0.15) is 26.4 Å². The minimum Gasteiger partial charge on any atom is -0.478 e. The Bertz CT molecular complexity index is 673. The molecule has 0 fully saturated rings. The van der Waals surface area contributed by atoms with Crippen LogP contribution in [-0.2, 0) is 6.42 Å². The smallest absolute Gasteiger partial charge is 0.335 e. The SMILES string of the molecule is O=C(O)c1cccc(CCNC(=O)c2cc(Cl)ccn2)c1. The molecule has 0 saturated carbocycles. The molecule has 0 aliphatic rings. The molecule has 2 N–H and O–H groups in total. The summed E-state index contributed by atoms with van der Waals surface area (Å²) in [5.74, 6) is -1.28. The average molecular weight is 305 g/mol. The molecular weight excluding hydrogens is 292 g/mol. The number of aromatic carboxylic acids is 1. The Morgan fingerprint density at radius 1 is 1.24 bits per heavy atom. The number of halogens is 1. The van der Waals surface area contributed by atoms with E-state index in [4.69, 9.17) is 16.7 Å². The number of hydrogen-bond donors (Lipinski definition) is 2. The standard InChI is InChI=1S/C15H13ClN2O3/c16-12-5-7-17-13(9-12)14(19)18-6-4-10-2-1-3-11(8-10)15(20)21/h1-3,5,7-9H,4,6H2,(H,18,19)(H,20,21). The molecular formula is C15H13ClN2O3. The van der Waals surface area contributed by atoms with Crippen LogP contribution < -0.4 is 5.32 Å². The molecule has 2 rings (SSSR count). The number of nitrogens with zero attached hydrogens (tertiary/aromatic N) is 1. The maximum absolute atomic E-state index is 11.8. The normalized spacial score (nSPS) is 10.1. The first-order valence-electron chi connectivity index (χ1n) is 6.28. The van der Waals surface area contributed by atoms with Gasteiger partial charge in [-0.15, -0.1) is 0 Å². The van der Waals surface area contributed by atoms with Crippen LogP contribution in [0.2, 0.25) is 5.02 Å². The number of carbonyl (C=O) groups excluding carboxylic acids is 1. The lowest BCUT2D eigenvalue weighted by Crippen LogP contribution is -2.26. The number of carbonyl (C=O) groups is 2. The molecule has 0 spiro atoms. The number of benzene rings is 1. The van der Waals surface area contributed by atoms with Crippen LogP contribution in [0.3, 0.4) is 0 Å². The van der Waals surface area contributed by atoms with Crippen molar-refractivity contribution in [3.8, 4) is 0 Å². The number of aromatic nitrogens is 1. The Morgan fingerprint density at radius 2 is 2.05 bits per heavy atom. The molecule has 0 aliphatic carbocycles. The Kier molecular flexibility index (Phi) is 4.90. The van der Waals surface area contributed by atoms with E-state index < -0.39 is 5.97 Å². The van der Waals surface area contributed by atoms with Gasteiger partial charge in [0.1, 0.15) is 5.69 Å². The third-order valence-electron chi connectivity index (χ3n) is 2.83. The zero-order valence-corrected chi connectivity index (χ0v) is 11.8. The summed E-state index contributed by atoms with van der Waals surface area (Å²) in [7, 11) is 0. The highest BCUT2D eigenvalue weighted by Gasteiger charge is 2.07. The van der Waals surface area contributed by atoms with Gasteiger partial charge in [-0.3, -0.25) is 9.78 Å². The van der Waals surface area contributed by atoms with Gasteiger partial charge in [0.05, 0.1) is 5.56 Å². The second kappa shape index (κ2) is 6.85. The number of pyridine rings is 1. The second-order valence-electron chi connectivity index (χ2n) is 4.37. The van der Waals surface area contributed by atoms with E-state index in [1.165, 1.54) is 18.3 Å². The van der Waals surface area contributed by atoms with E-state index in [-0.39, 0.29) is 17.2 Å². The number of rotatable bonds is 5. The molecule has 1 aromatic heterocycles. The Labute approximate surface area is 126 Å². The second-order valence-corrected chi connectivity index (χ2v) is 4.81. The monoisotopic (exact) mass is 304 g/mol. The van der Waals surface area contributed by atoms with Crippen molar-refractivity contribution in [1.82, 2.24) is 10.3 Å². The van der Waals surface area contributed by atoms with E-state index in [0.29, 0.717) is 18.0 Å². The summed E-state index contributed by atoms with van der Waals surface area (Å²) < 4.78 is 0. The molecule has 6 heteroatoms. The molecule has 1 heterocycles. The number of amides is 1. The fourth-order valence-corrected chi connectivity index (χ4v) is 1.96. The Morgan fingerprint density at radius 3 is 2.76 bits per heavy atom. The number of carboxylic acids is 1. The van der Waals surface area contributed by atoms with Crippen molar-refractivity contribution in [2.45, 2.75) is 6.42 Å². The molecule has 0 saturated heterocycles. The van der Waals surface area contributed by atoms with Crippen molar-refractivity contribution in [2.24, 2.45) is 0 Å². The van der Waals surface area contributed by atoms with Gasteiger partial charge in [0.2, 0.25) is 0 Å². The molecule has 0 radical (unpaired) electrons. The third-order valence-corrected chi connectivity index (χ3v) is 3.06. The topological polar surface area (TPSA) is 79.3 Å². The van der Waals surface area contributed by atoms with Gasteiger partial charge < -0.3 is 10.4 Å². The first kappa shape index (κ1) is 15.0. The fourth-order valence-electron chi connectivity index (χ4n) is 1.80. The van der Waals surface area contributed by atoms with Crippen LogP contribution in [0.25, 0.3) is 0 Å². The van der Waals surface area contributed by atoms with E-state index in [9.17, 15) is 9.59 Å². The zero-order chi connectivity index (χ0) is 15.2. The van der Waals surface area contributed by atoms with E-state index in [0.717, 1.165) is 5.56 Å². The van der Waals surface area contributed by atoms with E-state index in [1.807, 2.05) is 6.07 Å². The maximum atomic E-state index is 11.8. The predicted octanol–water partition coefficient (Wildman–Crippen LogP) is 2.41. The summed E-state index contributed by atoms with van der Waals surface area (Å²) in [6.07, 6.45) is 2.00. The van der Waals surface area contributed by atoms with Crippen LogP contribution in [0.4, 0.5) is 0 Å². The molecule has 0 bridgehead atoms. The first-order valence-corrected chi connectivity index (χ1v) is 6.66. The van der Waals surface area contributed by atoms with Crippen LogP contribution in [0, 0.1) is 0 Å². The van der Waals surface area contributed by atoms with E-state index in [1.54, 1.807) is 18.2 Å². The summed E-state index contributed by atoms with van der Waals surface area (Å²) >= 11 is 5.79. The van der Waals surface area contributed by atoms with Crippen molar-refractivity contribution >= 4 is 23.5 Å². The van der Waals surface area contributed by atoms with Gasteiger partial charge >= 0.3 is 5.97 Å². The summed E-state index contributed by atoms with van der Waals surface area (Å²) in [4.78, 5) is 26.6. The van der Waals surface area contributed by atoms with Crippen molar-refractivity contribution in [3.63, 3.8) is 0 Å². The van der Waals surface area contributed by atoms with Crippen LogP contribution in [-0.4, -0.2) is 28.5 Å². The first-order chi connectivity index (χ1) is 10.1. The molecule has 0 atom stereocenters. The van der Waals surface area contributed by atoms with Gasteiger partial charge in [0.25, 0.3) is 5.91 Å².